The molecule has 2 rings (SSSR count). The van der Waals surface area contributed by atoms with Crippen molar-refractivity contribution in [2.75, 3.05) is 33.4 Å². The minimum atomic E-state index is -0.434. The largest absolute Gasteiger partial charge is 0.492 e. The summed E-state index contributed by atoms with van der Waals surface area (Å²) in [6.45, 7) is 6.97. The molecule has 0 bridgehead atoms. The summed E-state index contributed by atoms with van der Waals surface area (Å²) in [7, 11) is 1.87. The van der Waals surface area contributed by atoms with E-state index >= 15 is 0 Å². The van der Waals surface area contributed by atoms with Crippen LogP contribution in [0.25, 0.3) is 0 Å². The van der Waals surface area contributed by atoms with Gasteiger partial charge in [0.25, 0.3) is 0 Å². The number of carbonyl (C=O) groups is 2. The third kappa shape index (κ3) is 4.95. The minimum absolute atomic E-state index is 0.0333. The molecule has 26 heavy (non-hydrogen) atoms. The Morgan fingerprint density at radius 3 is 2.50 bits per heavy atom. The summed E-state index contributed by atoms with van der Waals surface area (Å²) in [6, 6.07) is 9.56. The first-order valence-corrected chi connectivity index (χ1v) is 8.69. The maximum atomic E-state index is 12.7. The van der Waals surface area contributed by atoms with Gasteiger partial charge >= 0.3 is 5.97 Å². The highest BCUT2D eigenvalue weighted by atomic mass is 16.5. The van der Waals surface area contributed by atoms with E-state index in [9.17, 15) is 9.59 Å². The van der Waals surface area contributed by atoms with Gasteiger partial charge < -0.3 is 14.5 Å². The highest BCUT2D eigenvalue weighted by Crippen LogP contribution is 2.19. The molecule has 0 aliphatic carbocycles. The number of benzene rings is 1. The lowest BCUT2D eigenvalue weighted by atomic mass is 10.1. The maximum absolute atomic E-state index is 12.7. The number of nitrogens with one attached hydrogen (secondary N) is 1. The lowest BCUT2D eigenvalue weighted by molar-refractivity contribution is 0.0519. The smallest absolute Gasteiger partial charge is 0.355 e. The van der Waals surface area contributed by atoms with E-state index in [1.807, 2.05) is 42.3 Å². The number of aromatic amines is 1. The molecule has 0 saturated carbocycles. The van der Waals surface area contributed by atoms with E-state index in [4.69, 9.17) is 9.47 Å². The van der Waals surface area contributed by atoms with Crippen molar-refractivity contribution in [1.82, 2.24) is 9.88 Å². The number of carbonyl (C=O) groups excluding carboxylic acids is 2. The van der Waals surface area contributed by atoms with E-state index in [0.29, 0.717) is 42.3 Å². The number of ketones is 1. The number of hydrogen-bond acceptors (Lipinski definition) is 5. The van der Waals surface area contributed by atoms with Gasteiger partial charge in [0.15, 0.2) is 5.78 Å². The second kappa shape index (κ2) is 9.20. The van der Waals surface area contributed by atoms with Crippen molar-refractivity contribution in [3.05, 3.63) is 52.8 Å². The van der Waals surface area contributed by atoms with Crippen molar-refractivity contribution in [2.24, 2.45) is 0 Å². The maximum Gasteiger partial charge on any atom is 0.355 e. The van der Waals surface area contributed by atoms with Crippen molar-refractivity contribution in [1.29, 1.82) is 0 Å². The normalized spacial score (nSPS) is 10.8. The highest BCUT2D eigenvalue weighted by molar-refractivity contribution is 6.03. The topological polar surface area (TPSA) is 71.6 Å². The molecule has 0 fully saturated rings. The highest BCUT2D eigenvalue weighted by Gasteiger charge is 2.23. The Hall–Kier alpha value is -2.60. The van der Waals surface area contributed by atoms with Crippen molar-refractivity contribution in [3.8, 4) is 5.75 Å². The van der Waals surface area contributed by atoms with E-state index in [1.165, 1.54) is 0 Å². The first-order valence-electron chi connectivity index (χ1n) is 8.69. The van der Waals surface area contributed by atoms with Gasteiger partial charge in [0.2, 0.25) is 0 Å². The van der Waals surface area contributed by atoms with E-state index < -0.39 is 5.97 Å². The van der Waals surface area contributed by atoms with Crippen molar-refractivity contribution in [2.45, 2.75) is 20.8 Å². The molecule has 1 aromatic heterocycles. The molecule has 0 aliphatic heterocycles. The predicted octanol–water partition coefficient (Wildman–Crippen LogP) is 3.00. The molecular weight excluding hydrogens is 332 g/mol. The summed E-state index contributed by atoms with van der Waals surface area (Å²) in [5, 5.41) is 0. The van der Waals surface area contributed by atoms with Crippen LogP contribution in [-0.4, -0.2) is 55.0 Å². The predicted molar refractivity (Wildman–Crippen MR) is 100.0 cm³/mol. The summed E-state index contributed by atoms with van der Waals surface area (Å²) in [5.41, 5.74) is 2.23. The molecule has 1 heterocycles. The molecule has 6 nitrogen and oxygen atoms in total. The molecule has 0 spiro atoms. The summed E-state index contributed by atoms with van der Waals surface area (Å²) in [4.78, 5) is 29.5. The molecule has 140 valence electrons. The number of nitrogens with zero attached hydrogens (tertiary/aromatic N) is 1. The van der Waals surface area contributed by atoms with Gasteiger partial charge in [0.05, 0.1) is 13.2 Å². The fourth-order valence-corrected chi connectivity index (χ4v) is 2.81. The first kappa shape index (κ1) is 19.7. The van der Waals surface area contributed by atoms with Crippen LogP contribution in [0, 0.1) is 13.8 Å². The molecule has 0 amide bonds. The Kier molecular flexibility index (Phi) is 6.97. The van der Waals surface area contributed by atoms with Crippen LogP contribution in [0.1, 0.15) is 39.0 Å². The summed E-state index contributed by atoms with van der Waals surface area (Å²) in [6.07, 6.45) is 0. The third-order valence-corrected chi connectivity index (χ3v) is 4.09. The van der Waals surface area contributed by atoms with Crippen LogP contribution < -0.4 is 4.74 Å². The minimum Gasteiger partial charge on any atom is -0.492 e. The van der Waals surface area contributed by atoms with Gasteiger partial charge in [-0.3, -0.25) is 9.69 Å². The number of Topliss-reactive ketones (excluding diaryl/α,β-unsaturated/α-hetero) is 1. The molecule has 2 aromatic rings. The zero-order valence-corrected chi connectivity index (χ0v) is 15.8. The number of hydrogen-bond donors (Lipinski definition) is 1. The number of aromatic nitrogens is 1. The second-order valence-corrected chi connectivity index (χ2v) is 6.17. The molecule has 6 heteroatoms. The monoisotopic (exact) mass is 358 g/mol. The van der Waals surface area contributed by atoms with Gasteiger partial charge in [0.1, 0.15) is 18.1 Å². The number of rotatable bonds is 9. The van der Waals surface area contributed by atoms with Crippen molar-refractivity contribution >= 4 is 11.8 Å². The van der Waals surface area contributed by atoms with Crippen LogP contribution in [0.5, 0.6) is 5.75 Å². The Morgan fingerprint density at radius 2 is 1.85 bits per heavy atom. The number of likely N-dealkylation sites (N-methyl/N-ethyl adjacent to an activating group) is 1. The van der Waals surface area contributed by atoms with E-state index in [-0.39, 0.29) is 12.3 Å². The zero-order chi connectivity index (χ0) is 19.1. The number of aryl methyl sites for hydroxylation is 1. The Labute approximate surface area is 154 Å². The van der Waals surface area contributed by atoms with Crippen LogP contribution in [0.2, 0.25) is 0 Å². The van der Waals surface area contributed by atoms with Crippen LogP contribution >= 0.6 is 0 Å². The van der Waals surface area contributed by atoms with Gasteiger partial charge in [-0.25, -0.2) is 4.79 Å². The zero-order valence-electron chi connectivity index (χ0n) is 15.8. The second-order valence-electron chi connectivity index (χ2n) is 6.17. The summed E-state index contributed by atoms with van der Waals surface area (Å²) < 4.78 is 10.7. The number of ether oxygens (including phenoxy) is 2. The number of H-pyrrole nitrogens is 1. The number of para-hydroxylation sites is 1. The Bertz CT molecular complexity index is 753. The summed E-state index contributed by atoms with van der Waals surface area (Å²) >= 11 is 0. The van der Waals surface area contributed by atoms with Gasteiger partial charge in [0, 0.05) is 17.8 Å². The van der Waals surface area contributed by atoms with E-state index in [0.717, 1.165) is 5.75 Å². The third-order valence-electron chi connectivity index (χ3n) is 4.09. The SMILES string of the molecule is CCOC(=O)c1[nH]c(C)c(C(=O)CN(C)CCOc2ccccc2)c1C. The standard InChI is InChI=1S/C20H26N2O4/c1-5-25-20(24)19-14(2)18(15(3)21-19)17(23)13-22(4)11-12-26-16-9-7-6-8-10-16/h6-10,21H,5,11-13H2,1-4H3. The molecule has 0 radical (unpaired) electrons. The van der Waals surface area contributed by atoms with E-state index in [1.54, 1.807) is 20.8 Å². The molecular formula is C20H26N2O4. The molecule has 0 aliphatic rings. The van der Waals surface area contributed by atoms with Crippen molar-refractivity contribution in [3.63, 3.8) is 0 Å². The van der Waals surface area contributed by atoms with Gasteiger partial charge in [-0.05, 0) is 45.5 Å². The van der Waals surface area contributed by atoms with E-state index in [2.05, 4.69) is 4.98 Å². The fourth-order valence-electron chi connectivity index (χ4n) is 2.81. The molecule has 0 unspecified atom stereocenters. The van der Waals surface area contributed by atoms with Crippen LogP contribution in [0.4, 0.5) is 0 Å². The molecule has 1 aromatic carbocycles. The average Bonchev–Trinajstić information content (AvgIpc) is 2.90. The lowest BCUT2D eigenvalue weighted by Crippen LogP contribution is -2.30. The van der Waals surface area contributed by atoms with Crippen LogP contribution in [0.3, 0.4) is 0 Å². The fraction of sp³-hybridized carbons (Fsp3) is 0.400. The van der Waals surface area contributed by atoms with Crippen molar-refractivity contribution < 1.29 is 19.1 Å². The van der Waals surface area contributed by atoms with Crippen LogP contribution in [-0.2, 0) is 4.74 Å². The molecule has 0 saturated heterocycles. The Morgan fingerprint density at radius 1 is 1.15 bits per heavy atom. The lowest BCUT2D eigenvalue weighted by Gasteiger charge is -2.16. The van der Waals surface area contributed by atoms with Gasteiger partial charge in [-0.15, -0.1) is 0 Å². The van der Waals surface area contributed by atoms with Crippen LogP contribution in [0.15, 0.2) is 30.3 Å². The Balaban J connectivity index is 1.93. The van der Waals surface area contributed by atoms with Gasteiger partial charge in [-0.2, -0.15) is 0 Å². The average molecular weight is 358 g/mol. The number of esters is 1. The summed E-state index contributed by atoms with van der Waals surface area (Å²) in [5.74, 6) is 0.342. The van der Waals surface area contributed by atoms with Gasteiger partial charge in [-0.1, -0.05) is 18.2 Å². The first-order chi connectivity index (χ1) is 12.4. The molecule has 0 atom stereocenters. The molecule has 1 N–H and O–H groups in total. The quantitative estimate of drug-likeness (QED) is 0.551.